The molecule has 0 bridgehead atoms. The van der Waals surface area contributed by atoms with Gasteiger partial charge >= 0.3 is 0 Å². The van der Waals surface area contributed by atoms with Crippen LogP contribution in [0.25, 0.3) is 0 Å². The van der Waals surface area contributed by atoms with E-state index < -0.39 is 6.10 Å². The maximum atomic E-state index is 11.4. The standard InChI is InChI=1S/C11H14O4/c1-5(12)7-4-15-11-9-6(3-14-11)2-8(13)10(7)9/h4,6,8-11,13H,2-3H2,1H3/t6-,8?,9+,10-,11-/m0/s1. The van der Waals surface area contributed by atoms with E-state index in [0.29, 0.717) is 18.1 Å². The first-order chi connectivity index (χ1) is 7.18. The van der Waals surface area contributed by atoms with E-state index in [0.717, 1.165) is 6.42 Å². The summed E-state index contributed by atoms with van der Waals surface area (Å²) < 4.78 is 10.9. The van der Waals surface area contributed by atoms with Crippen molar-refractivity contribution in [2.45, 2.75) is 25.7 Å². The Morgan fingerprint density at radius 1 is 1.60 bits per heavy atom. The smallest absolute Gasteiger partial charge is 0.202 e. The molecule has 1 unspecified atom stereocenters. The van der Waals surface area contributed by atoms with Gasteiger partial charge in [0.1, 0.15) is 0 Å². The van der Waals surface area contributed by atoms with Crippen molar-refractivity contribution in [3.05, 3.63) is 11.8 Å². The molecule has 0 amide bonds. The summed E-state index contributed by atoms with van der Waals surface area (Å²) >= 11 is 0. The van der Waals surface area contributed by atoms with Gasteiger partial charge in [0, 0.05) is 17.4 Å². The van der Waals surface area contributed by atoms with Gasteiger partial charge in [-0.3, -0.25) is 4.79 Å². The number of carbonyl (C=O) groups is 1. The molecule has 82 valence electrons. The van der Waals surface area contributed by atoms with Gasteiger partial charge in [0.2, 0.25) is 6.29 Å². The fourth-order valence-electron chi connectivity index (χ4n) is 3.15. The van der Waals surface area contributed by atoms with Gasteiger partial charge in [-0.15, -0.1) is 0 Å². The number of rotatable bonds is 1. The predicted octanol–water partition coefficient (Wildman–Crippen LogP) is 0.459. The van der Waals surface area contributed by atoms with Crippen LogP contribution in [0.15, 0.2) is 11.8 Å². The highest BCUT2D eigenvalue weighted by Gasteiger charge is 2.55. The van der Waals surface area contributed by atoms with Crippen molar-refractivity contribution in [3.63, 3.8) is 0 Å². The Bertz CT molecular complexity index is 335. The summed E-state index contributed by atoms with van der Waals surface area (Å²) in [6.07, 6.45) is 1.54. The minimum atomic E-state index is -0.412. The quantitative estimate of drug-likeness (QED) is 0.683. The van der Waals surface area contributed by atoms with Crippen LogP contribution in [0.4, 0.5) is 0 Å². The molecule has 1 aliphatic carbocycles. The molecule has 4 heteroatoms. The highest BCUT2D eigenvalue weighted by atomic mass is 16.7. The monoisotopic (exact) mass is 210 g/mol. The molecule has 2 heterocycles. The van der Waals surface area contributed by atoms with Gasteiger partial charge in [0.15, 0.2) is 5.78 Å². The Morgan fingerprint density at radius 2 is 2.40 bits per heavy atom. The lowest BCUT2D eigenvalue weighted by atomic mass is 9.82. The maximum absolute atomic E-state index is 11.4. The van der Waals surface area contributed by atoms with Crippen molar-refractivity contribution in [1.29, 1.82) is 0 Å². The number of ether oxygens (including phenoxy) is 2. The second-order valence-corrected chi connectivity index (χ2v) is 4.63. The van der Waals surface area contributed by atoms with Gasteiger partial charge in [0.05, 0.1) is 19.0 Å². The molecule has 3 rings (SSSR count). The van der Waals surface area contributed by atoms with E-state index in [9.17, 15) is 9.90 Å². The first kappa shape index (κ1) is 9.36. The minimum absolute atomic E-state index is 0.00921. The Morgan fingerprint density at radius 3 is 3.13 bits per heavy atom. The van der Waals surface area contributed by atoms with Crippen LogP contribution in [0.2, 0.25) is 0 Å². The summed E-state index contributed by atoms with van der Waals surface area (Å²) in [6, 6.07) is 0. The van der Waals surface area contributed by atoms with Crippen molar-refractivity contribution < 1.29 is 19.4 Å². The Hall–Kier alpha value is -0.870. The van der Waals surface area contributed by atoms with Gasteiger partial charge in [-0.25, -0.2) is 0 Å². The molecule has 2 aliphatic heterocycles. The SMILES string of the molecule is CC(=O)C1=CO[C@@H]2OC[C@@H]3CC(O)[C@H]1[C@@H]32. The average molecular weight is 210 g/mol. The second-order valence-electron chi connectivity index (χ2n) is 4.63. The van der Waals surface area contributed by atoms with E-state index in [4.69, 9.17) is 9.47 Å². The molecule has 4 nitrogen and oxygen atoms in total. The lowest BCUT2D eigenvalue weighted by Crippen LogP contribution is -2.35. The first-order valence-corrected chi connectivity index (χ1v) is 5.34. The lowest BCUT2D eigenvalue weighted by molar-refractivity contribution is -0.127. The molecule has 0 radical (unpaired) electrons. The molecule has 2 fully saturated rings. The highest BCUT2D eigenvalue weighted by Crippen LogP contribution is 2.50. The topological polar surface area (TPSA) is 55.8 Å². The third-order valence-corrected chi connectivity index (χ3v) is 3.80. The van der Waals surface area contributed by atoms with E-state index in [1.165, 1.54) is 13.2 Å². The molecule has 1 saturated carbocycles. The van der Waals surface area contributed by atoms with E-state index in [1.54, 1.807) is 0 Å². The normalized spacial score (nSPS) is 47.1. The molecule has 1 N–H and O–H groups in total. The van der Waals surface area contributed by atoms with Crippen LogP contribution in [0, 0.1) is 17.8 Å². The van der Waals surface area contributed by atoms with Crippen molar-refractivity contribution in [1.82, 2.24) is 0 Å². The fourth-order valence-corrected chi connectivity index (χ4v) is 3.15. The van der Waals surface area contributed by atoms with Crippen LogP contribution in [0.5, 0.6) is 0 Å². The third kappa shape index (κ3) is 1.18. The van der Waals surface area contributed by atoms with Crippen molar-refractivity contribution in [3.8, 4) is 0 Å². The van der Waals surface area contributed by atoms with Gasteiger partial charge in [-0.1, -0.05) is 0 Å². The van der Waals surface area contributed by atoms with Crippen LogP contribution in [-0.2, 0) is 14.3 Å². The van der Waals surface area contributed by atoms with Gasteiger partial charge in [-0.2, -0.15) is 0 Å². The Labute approximate surface area is 87.9 Å². The fraction of sp³-hybridized carbons (Fsp3) is 0.727. The molecule has 15 heavy (non-hydrogen) atoms. The minimum Gasteiger partial charge on any atom is -0.472 e. The summed E-state index contributed by atoms with van der Waals surface area (Å²) in [7, 11) is 0. The molecular weight excluding hydrogens is 196 g/mol. The van der Waals surface area contributed by atoms with Gasteiger partial charge < -0.3 is 14.6 Å². The van der Waals surface area contributed by atoms with Crippen molar-refractivity contribution in [2.75, 3.05) is 6.61 Å². The van der Waals surface area contributed by atoms with E-state index in [2.05, 4.69) is 0 Å². The predicted molar refractivity (Wildman–Crippen MR) is 50.7 cm³/mol. The average Bonchev–Trinajstić information content (AvgIpc) is 2.73. The number of hydrogen-bond acceptors (Lipinski definition) is 4. The number of aliphatic hydroxyl groups is 1. The van der Waals surface area contributed by atoms with E-state index >= 15 is 0 Å². The van der Waals surface area contributed by atoms with Gasteiger partial charge in [-0.05, 0) is 19.3 Å². The van der Waals surface area contributed by atoms with Crippen LogP contribution in [0.1, 0.15) is 13.3 Å². The first-order valence-electron chi connectivity index (χ1n) is 5.34. The van der Waals surface area contributed by atoms with Crippen LogP contribution >= 0.6 is 0 Å². The Kier molecular flexibility index (Phi) is 1.91. The molecule has 0 aromatic rings. The zero-order valence-electron chi connectivity index (χ0n) is 8.55. The number of Topliss-reactive ketones (excluding diaryl/α,β-unsaturated/α-hetero) is 1. The van der Waals surface area contributed by atoms with Crippen molar-refractivity contribution >= 4 is 5.78 Å². The third-order valence-electron chi connectivity index (χ3n) is 3.80. The largest absolute Gasteiger partial charge is 0.472 e. The lowest BCUT2D eigenvalue weighted by Gasteiger charge is -2.31. The van der Waals surface area contributed by atoms with Crippen LogP contribution < -0.4 is 0 Å². The zero-order chi connectivity index (χ0) is 10.6. The number of aliphatic hydroxyl groups excluding tert-OH is 1. The Balaban J connectivity index is 1.99. The molecule has 0 aromatic carbocycles. The zero-order valence-corrected chi connectivity index (χ0v) is 8.55. The second kappa shape index (κ2) is 3.06. The molecule has 0 spiro atoms. The van der Waals surface area contributed by atoms with Crippen LogP contribution in [-0.4, -0.2) is 29.9 Å². The summed E-state index contributed by atoms with van der Waals surface area (Å²) in [6.45, 7) is 2.16. The number of ketones is 1. The van der Waals surface area contributed by atoms with Crippen molar-refractivity contribution in [2.24, 2.45) is 17.8 Å². The highest BCUT2D eigenvalue weighted by molar-refractivity contribution is 5.93. The molecule has 5 atom stereocenters. The summed E-state index contributed by atoms with van der Waals surface area (Å²) in [5.41, 5.74) is 0.622. The summed E-state index contributed by atoms with van der Waals surface area (Å²) in [5.74, 6) is 0.431. The summed E-state index contributed by atoms with van der Waals surface area (Å²) in [5, 5.41) is 9.96. The van der Waals surface area contributed by atoms with E-state index in [-0.39, 0.29) is 23.9 Å². The molecular formula is C11H14O4. The number of carbonyl (C=O) groups excluding carboxylic acids is 1. The number of hydrogen-bond donors (Lipinski definition) is 1. The molecule has 1 saturated heterocycles. The van der Waals surface area contributed by atoms with Gasteiger partial charge in [0.25, 0.3) is 0 Å². The molecule has 0 aromatic heterocycles. The van der Waals surface area contributed by atoms with E-state index in [1.807, 2.05) is 0 Å². The summed E-state index contributed by atoms with van der Waals surface area (Å²) in [4.78, 5) is 11.4. The molecule has 3 aliphatic rings. The maximum Gasteiger partial charge on any atom is 0.202 e. The van der Waals surface area contributed by atoms with Crippen LogP contribution in [0.3, 0.4) is 0 Å².